The van der Waals surface area contributed by atoms with Gasteiger partial charge in [-0.25, -0.2) is 4.79 Å². The normalized spacial score (nSPS) is 10.3. The van der Waals surface area contributed by atoms with Crippen LogP contribution in [0.3, 0.4) is 0 Å². The van der Waals surface area contributed by atoms with Crippen LogP contribution in [0.4, 0.5) is 10.5 Å². The Bertz CT molecular complexity index is 564. The molecule has 1 N–H and O–H groups in total. The van der Waals surface area contributed by atoms with Crippen LogP contribution in [0.2, 0.25) is 0 Å². The molecule has 0 saturated heterocycles. The average molecular weight is 269 g/mol. The molecule has 0 aromatic heterocycles. The van der Waals surface area contributed by atoms with Gasteiger partial charge in [0.1, 0.15) is 0 Å². The molecule has 0 heterocycles. The van der Waals surface area contributed by atoms with Crippen molar-refractivity contribution in [2.75, 3.05) is 5.32 Å². The Balaban J connectivity index is 2.12. The van der Waals surface area contributed by atoms with Gasteiger partial charge in [0.2, 0.25) is 0 Å². The summed E-state index contributed by atoms with van der Waals surface area (Å²) in [6.07, 6.45) is 0.232. The lowest BCUT2D eigenvalue weighted by molar-refractivity contribution is 0.130. The van der Waals surface area contributed by atoms with E-state index in [1.807, 2.05) is 56.3 Å². The molecule has 0 aliphatic heterocycles. The van der Waals surface area contributed by atoms with Crippen molar-refractivity contribution in [1.82, 2.24) is 0 Å². The number of carbonyl (C=O) groups excluding carboxylic acids is 1. The van der Waals surface area contributed by atoms with Gasteiger partial charge in [0.15, 0.2) is 0 Å². The number of amides is 1. The van der Waals surface area contributed by atoms with Crippen molar-refractivity contribution in [3.8, 4) is 0 Å². The fourth-order valence-corrected chi connectivity index (χ4v) is 1.97. The number of hydrogen-bond acceptors (Lipinski definition) is 2. The van der Waals surface area contributed by atoms with Crippen LogP contribution in [0.25, 0.3) is 0 Å². The van der Waals surface area contributed by atoms with Crippen molar-refractivity contribution in [1.29, 1.82) is 0 Å². The number of carbonyl (C=O) groups is 1. The van der Waals surface area contributed by atoms with Crippen LogP contribution >= 0.6 is 0 Å². The molecular weight excluding hydrogens is 250 g/mol. The van der Waals surface area contributed by atoms with E-state index in [1.54, 1.807) is 0 Å². The minimum absolute atomic E-state index is 0.128. The van der Waals surface area contributed by atoms with E-state index in [4.69, 9.17) is 4.74 Å². The second kappa shape index (κ2) is 6.75. The van der Waals surface area contributed by atoms with Gasteiger partial charge in [-0.15, -0.1) is 0 Å². The van der Waals surface area contributed by atoms with Crippen LogP contribution in [0.5, 0.6) is 0 Å². The molecular formula is C17H19NO2. The molecule has 0 atom stereocenters. The first-order valence-electron chi connectivity index (χ1n) is 6.74. The highest BCUT2D eigenvalue weighted by atomic mass is 16.6. The Hall–Kier alpha value is -2.29. The van der Waals surface area contributed by atoms with E-state index in [1.165, 1.54) is 5.56 Å². The van der Waals surface area contributed by atoms with Gasteiger partial charge in [0, 0.05) is 5.69 Å². The zero-order valence-corrected chi connectivity index (χ0v) is 11.8. The summed E-state index contributed by atoms with van der Waals surface area (Å²) in [4.78, 5) is 11.7. The van der Waals surface area contributed by atoms with Crippen molar-refractivity contribution in [2.45, 2.75) is 26.4 Å². The van der Waals surface area contributed by atoms with E-state index >= 15 is 0 Å². The summed E-state index contributed by atoms with van der Waals surface area (Å²) in [5, 5.41) is 2.80. The Kier molecular flexibility index (Phi) is 4.77. The number of benzene rings is 2. The lowest BCUT2D eigenvalue weighted by Gasteiger charge is -2.13. The van der Waals surface area contributed by atoms with E-state index in [0.29, 0.717) is 0 Å². The number of anilines is 1. The SMILES string of the molecule is CC(C)OC(=O)Nc1ccccc1Cc1ccccc1. The minimum Gasteiger partial charge on any atom is -0.447 e. The van der Waals surface area contributed by atoms with Crippen molar-refractivity contribution in [3.63, 3.8) is 0 Å². The predicted molar refractivity (Wildman–Crippen MR) is 80.9 cm³/mol. The smallest absolute Gasteiger partial charge is 0.411 e. The average Bonchev–Trinajstić information content (AvgIpc) is 2.41. The van der Waals surface area contributed by atoms with Crippen LogP contribution in [0.1, 0.15) is 25.0 Å². The Morgan fingerprint density at radius 2 is 1.70 bits per heavy atom. The summed E-state index contributed by atoms with van der Waals surface area (Å²) in [6, 6.07) is 17.9. The highest BCUT2D eigenvalue weighted by Crippen LogP contribution is 2.19. The first-order valence-corrected chi connectivity index (χ1v) is 6.74. The maximum absolute atomic E-state index is 11.7. The first kappa shape index (κ1) is 14.1. The Labute approximate surface area is 119 Å². The van der Waals surface area contributed by atoms with E-state index in [2.05, 4.69) is 17.4 Å². The van der Waals surface area contributed by atoms with E-state index in [9.17, 15) is 4.79 Å². The van der Waals surface area contributed by atoms with Crippen LogP contribution in [0.15, 0.2) is 54.6 Å². The quantitative estimate of drug-likeness (QED) is 0.901. The fraction of sp³-hybridized carbons (Fsp3) is 0.235. The third-order valence-electron chi connectivity index (χ3n) is 2.83. The molecule has 3 heteroatoms. The summed E-state index contributed by atoms with van der Waals surface area (Å²) in [5.41, 5.74) is 3.07. The van der Waals surface area contributed by atoms with Gasteiger partial charge in [-0.05, 0) is 37.5 Å². The van der Waals surface area contributed by atoms with Gasteiger partial charge in [0.05, 0.1) is 6.10 Å². The second-order valence-electron chi connectivity index (χ2n) is 4.90. The standard InChI is InChI=1S/C17H19NO2/c1-13(2)20-17(19)18-16-11-7-6-10-15(16)12-14-8-4-3-5-9-14/h3-11,13H,12H2,1-2H3,(H,18,19). The lowest BCUT2D eigenvalue weighted by Crippen LogP contribution is -2.18. The molecule has 1 amide bonds. The first-order chi connectivity index (χ1) is 9.65. The van der Waals surface area contributed by atoms with Crippen LogP contribution in [-0.4, -0.2) is 12.2 Å². The van der Waals surface area contributed by atoms with Crippen LogP contribution in [0, 0.1) is 0 Å². The highest BCUT2D eigenvalue weighted by Gasteiger charge is 2.09. The fourth-order valence-electron chi connectivity index (χ4n) is 1.97. The zero-order valence-electron chi connectivity index (χ0n) is 11.8. The summed E-state index contributed by atoms with van der Waals surface area (Å²) in [7, 11) is 0. The van der Waals surface area contributed by atoms with Gasteiger partial charge in [-0.3, -0.25) is 5.32 Å². The van der Waals surface area contributed by atoms with Gasteiger partial charge >= 0.3 is 6.09 Å². The molecule has 0 saturated carbocycles. The third kappa shape index (κ3) is 4.12. The largest absolute Gasteiger partial charge is 0.447 e. The number of hydrogen-bond donors (Lipinski definition) is 1. The summed E-state index contributed by atoms with van der Waals surface area (Å²) in [5.74, 6) is 0. The minimum atomic E-state index is -0.416. The molecule has 2 aromatic rings. The molecule has 2 aromatic carbocycles. The van der Waals surface area contributed by atoms with Gasteiger partial charge < -0.3 is 4.74 Å². The number of rotatable bonds is 4. The highest BCUT2D eigenvalue weighted by molar-refractivity contribution is 5.85. The molecule has 0 radical (unpaired) electrons. The molecule has 0 unspecified atom stereocenters. The number of nitrogens with one attached hydrogen (secondary N) is 1. The molecule has 0 bridgehead atoms. The Morgan fingerprint density at radius 1 is 1.05 bits per heavy atom. The molecule has 2 rings (SSSR count). The van der Waals surface area contributed by atoms with Gasteiger partial charge in [-0.1, -0.05) is 48.5 Å². The van der Waals surface area contributed by atoms with Crippen molar-refractivity contribution in [3.05, 3.63) is 65.7 Å². The molecule has 104 valence electrons. The monoisotopic (exact) mass is 269 g/mol. The molecule has 3 nitrogen and oxygen atoms in total. The lowest BCUT2D eigenvalue weighted by atomic mass is 10.0. The van der Waals surface area contributed by atoms with Crippen molar-refractivity contribution >= 4 is 11.8 Å². The van der Waals surface area contributed by atoms with Gasteiger partial charge in [-0.2, -0.15) is 0 Å². The topological polar surface area (TPSA) is 38.3 Å². The van der Waals surface area contributed by atoms with Crippen molar-refractivity contribution in [2.24, 2.45) is 0 Å². The number of ether oxygens (including phenoxy) is 1. The molecule has 0 aliphatic rings. The summed E-state index contributed by atoms with van der Waals surface area (Å²) in [6.45, 7) is 3.66. The molecule has 0 aliphatic carbocycles. The number of para-hydroxylation sites is 1. The zero-order chi connectivity index (χ0) is 14.4. The van der Waals surface area contributed by atoms with E-state index < -0.39 is 6.09 Å². The van der Waals surface area contributed by atoms with E-state index in [-0.39, 0.29) is 6.10 Å². The molecule has 0 fully saturated rings. The van der Waals surface area contributed by atoms with E-state index in [0.717, 1.165) is 17.7 Å². The molecule has 0 spiro atoms. The second-order valence-corrected chi connectivity index (χ2v) is 4.90. The van der Waals surface area contributed by atoms with Crippen LogP contribution < -0.4 is 5.32 Å². The molecule has 20 heavy (non-hydrogen) atoms. The third-order valence-corrected chi connectivity index (χ3v) is 2.83. The summed E-state index contributed by atoms with van der Waals surface area (Å²) >= 11 is 0. The van der Waals surface area contributed by atoms with Crippen molar-refractivity contribution < 1.29 is 9.53 Å². The Morgan fingerprint density at radius 3 is 2.40 bits per heavy atom. The van der Waals surface area contributed by atoms with Crippen LogP contribution in [-0.2, 0) is 11.2 Å². The van der Waals surface area contributed by atoms with Gasteiger partial charge in [0.25, 0.3) is 0 Å². The predicted octanol–water partition coefficient (Wildman–Crippen LogP) is 4.23. The maximum Gasteiger partial charge on any atom is 0.411 e. The maximum atomic E-state index is 11.7. The summed E-state index contributed by atoms with van der Waals surface area (Å²) < 4.78 is 5.11.